The molecule has 1 N–H and O–H groups in total. The monoisotopic (exact) mass is 364 g/mol. The lowest BCUT2D eigenvalue weighted by molar-refractivity contribution is -0.118. The number of nitrogens with zero attached hydrogens (tertiary/aromatic N) is 1. The molecule has 2 heterocycles. The van der Waals surface area contributed by atoms with Crippen molar-refractivity contribution < 1.29 is 22.0 Å². The Bertz CT molecular complexity index is 1010. The molecule has 0 fully saturated rings. The molecule has 0 radical (unpaired) electrons. The van der Waals surface area contributed by atoms with Gasteiger partial charge >= 0.3 is 0 Å². The summed E-state index contributed by atoms with van der Waals surface area (Å²) in [6.45, 7) is 0.538. The minimum absolute atomic E-state index is 0.0129. The summed E-state index contributed by atoms with van der Waals surface area (Å²) < 4.78 is 54.4. The summed E-state index contributed by atoms with van der Waals surface area (Å²) in [5.41, 5.74) is 1.93. The van der Waals surface area contributed by atoms with Crippen LogP contribution in [0.4, 0.5) is 20.2 Å². The number of carbonyl (C=O) groups is 1. The smallest absolute Gasteiger partial charge is 0.262 e. The van der Waals surface area contributed by atoms with Crippen LogP contribution < -0.4 is 9.62 Å². The lowest BCUT2D eigenvalue weighted by Crippen LogP contribution is -2.33. The quantitative estimate of drug-likeness (QED) is 0.910. The highest BCUT2D eigenvalue weighted by Gasteiger charge is 2.33. The number of hydrogen-bond acceptors (Lipinski definition) is 3. The van der Waals surface area contributed by atoms with E-state index in [9.17, 15) is 22.0 Å². The number of halogens is 2. The van der Waals surface area contributed by atoms with Crippen LogP contribution in [0.15, 0.2) is 35.2 Å². The van der Waals surface area contributed by atoms with Crippen LogP contribution in [0.25, 0.3) is 0 Å². The van der Waals surface area contributed by atoms with Gasteiger partial charge in [-0.25, -0.2) is 17.2 Å². The largest absolute Gasteiger partial charge is 0.312 e. The first kappa shape index (κ1) is 16.0. The van der Waals surface area contributed by atoms with Gasteiger partial charge < -0.3 is 4.90 Å². The van der Waals surface area contributed by atoms with Gasteiger partial charge in [-0.1, -0.05) is 0 Å². The third kappa shape index (κ3) is 2.66. The second-order valence-electron chi connectivity index (χ2n) is 6.12. The molecule has 25 heavy (non-hydrogen) atoms. The highest BCUT2D eigenvalue weighted by atomic mass is 32.2. The molecule has 2 aromatic rings. The van der Waals surface area contributed by atoms with Crippen molar-refractivity contribution in [3.63, 3.8) is 0 Å². The molecule has 5 nitrogen and oxygen atoms in total. The van der Waals surface area contributed by atoms with Crippen molar-refractivity contribution in [1.82, 2.24) is 0 Å². The number of anilines is 2. The Morgan fingerprint density at radius 2 is 1.72 bits per heavy atom. The fourth-order valence-electron chi connectivity index (χ4n) is 3.36. The van der Waals surface area contributed by atoms with E-state index >= 15 is 0 Å². The third-order valence-electron chi connectivity index (χ3n) is 4.51. The number of hydrogen-bond donors (Lipinski definition) is 1. The molecule has 2 aliphatic heterocycles. The zero-order chi connectivity index (χ0) is 17.8. The van der Waals surface area contributed by atoms with Crippen molar-refractivity contribution >= 4 is 27.3 Å². The summed E-state index contributed by atoms with van der Waals surface area (Å²) >= 11 is 0. The molecule has 130 valence electrons. The van der Waals surface area contributed by atoms with Gasteiger partial charge in [-0.05, 0) is 48.2 Å². The number of sulfonamides is 1. The Labute approximate surface area is 143 Å². The summed E-state index contributed by atoms with van der Waals surface area (Å²) in [5.74, 6) is -1.55. The van der Waals surface area contributed by atoms with Crippen molar-refractivity contribution in [2.24, 2.45) is 0 Å². The lowest BCUT2D eigenvalue weighted by Gasteiger charge is -2.25. The molecule has 0 aromatic heterocycles. The van der Waals surface area contributed by atoms with Gasteiger partial charge in [-0.3, -0.25) is 9.52 Å². The zero-order valence-corrected chi connectivity index (χ0v) is 13.9. The third-order valence-corrected chi connectivity index (χ3v) is 5.85. The van der Waals surface area contributed by atoms with E-state index in [1.807, 2.05) is 0 Å². The van der Waals surface area contributed by atoms with E-state index in [0.717, 1.165) is 35.0 Å². The van der Waals surface area contributed by atoms with E-state index in [4.69, 9.17) is 0 Å². The number of rotatable bonds is 3. The summed E-state index contributed by atoms with van der Waals surface area (Å²) in [6, 6.07) is 5.58. The average molecular weight is 364 g/mol. The standard InChI is InChI=1S/C17H14F2N2O3S/c18-12-2-3-14(19)15(9-12)20-25(23,24)13-7-10-1-4-16(22)21-6-5-11(8-13)17(10)21/h2-3,7-9,20H,1,4-6H2. The van der Waals surface area contributed by atoms with E-state index in [1.165, 1.54) is 12.1 Å². The Morgan fingerprint density at radius 1 is 1.00 bits per heavy atom. The Morgan fingerprint density at radius 3 is 2.48 bits per heavy atom. The molecule has 0 unspecified atom stereocenters. The predicted molar refractivity (Wildman–Crippen MR) is 88.0 cm³/mol. The number of amides is 1. The van der Waals surface area contributed by atoms with Crippen molar-refractivity contribution in [3.8, 4) is 0 Å². The summed E-state index contributed by atoms with van der Waals surface area (Å²) in [5, 5.41) is 0. The zero-order valence-electron chi connectivity index (χ0n) is 13.1. The molecule has 0 aliphatic carbocycles. The molecule has 0 bridgehead atoms. The van der Waals surface area contributed by atoms with Crippen LogP contribution in [-0.2, 0) is 27.7 Å². The van der Waals surface area contributed by atoms with E-state index < -0.39 is 27.3 Å². The van der Waals surface area contributed by atoms with Crippen LogP contribution in [0.3, 0.4) is 0 Å². The van der Waals surface area contributed by atoms with Gasteiger partial charge in [0.2, 0.25) is 5.91 Å². The molecule has 1 amide bonds. The molecular formula is C17H14F2N2O3S. The molecule has 0 saturated heterocycles. The molecule has 0 spiro atoms. The molecule has 2 aromatic carbocycles. The fraction of sp³-hybridized carbons (Fsp3) is 0.235. The molecular weight excluding hydrogens is 350 g/mol. The first-order valence-corrected chi connectivity index (χ1v) is 9.27. The molecule has 0 atom stereocenters. The van der Waals surface area contributed by atoms with Crippen LogP contribution in [0.5, 0.6) is 0 Å². The van der Waals surface area contributed by atoms with Gasteiger partial charge in [-0.15, -0.1) is 0 Å². The van der Waals surface area contributed by atoms with Crippen molar-refractivity contribution in [1.29, 1.82) is 0 Å². The average Bonchev–Trinajstić information content (AvgIpc) is 2.99. The van der Waals surface area contributed by atoms with Gasteiger partial charge in [0, 0.05) is 19.0 Å². The number of nitrogens with one attached hydrogen (secondary N) is 1. The van der Waals surface area contributed by atoms with Gasteiger partial charge in [-0.2, -0.15) is 0 Å². The maximum Gasteiger partial charge on any atom is 0.262 e. The predicted octanol–water partition coefficient (Wildman–Crippen LogP) is 2.60. The summed E-state index contributed by atoms with van der Waals surface area (Å²) in [4.78, 5) is 13.6. The second-order valence-corrected chi connectivity index (χ2v) is 7.80. The van der Waals surface area contributed by atoms with E-state index in [2.05, 4.69) is 4.72 Å². The number of carbonyl (C=O) groups excluding carboxylic acids is 1. The Hall–Kier alpha value is -2.48. The summed E-state index contributed by atoms with van der Waals surface area (Å²) in [6.07, 6.45) is 1.38. The topological polar surface area (TPSA) is 66.5 Å². The van der Waals surface area contributed by atoms with Crippen molar-refractivity contribution in [3.05, 3.63) is 53.1 Å². The first-order chi connectivity index (χ1) is 11.8. The van der Waals surface area contributed by atoms with Gasteiger partial charge in [0.25, 0.3) is 10.0 Å². The highest BCUT2D eigenvalue weighted by molar-refractivity contribution is 7.92. The number of aryl methyl sites for hydroxylation is 1. The lowest BCUT2D eigenvalue weighted by atomic mass is 10.00. The minimum Gasteiger partial charge on any atom is -0.312 e. The second kappa shape index (κ2) is 5.52. The molecule has 0 saturated carbocycles. The Balaban J connectivity index is 1.75. The van der Waals surface area contributed by atoms with Crippen molar-refractivity contribution in [2.75, 3.05) is 16.2 Å². The Kier molecular flexibility index (Phi) is 3.54. The molecule has 4 rings (SSSR count). The maximum absolute atomic E-state index is 13.7. The normalized spacial score (nSPS) is 16.1. The van der Waals surface area contributed by atoms with Gasteiger partial charge in [0.05, 0.1) is 16.3 Å². The van der Waals surface area contributed by atoms with Gasteiger partial charge in [0.1, 0.15) is 11.6 Å². The van der Waals surface area contributed by atoms with Crippen LogP contribution >= 0.6 is 0 Å². The van der Waals surface area contributed by atoms with Crippen LogP contribution in [0.2, 0.25) is 0 Å². The van der Waals surface area contributed by atoms with Crippen LogP contribution in [-0.4, -0.2) is 20.9 Å². The molecule has 2 aliphatic rings. The van der Waals surface area contributed by atoms with E-state index in [0.29, 0.717) is 25.8 Å². The number of benzene rings is 2. The minimum atomic E-state index is -4.07. The van der Waals surface area contributed by atoms with Crippen LogP contribution in [0.1, 0.15) is 17.5 Å². The SMILES string of the molecule is O=C1CCc2cc(S(=O)(=O)Nc3cc(F)ccc3F)cc3c2N1CC3. The fourth-order valence-corrected chi connectivity index (χ4v) is 4.52. The first-order valence-electron chi connectivity index (χ1n) is 7.79. The highest BCUT2D eigenvalue weighted by Crippen LogP contribution is 2.38. The van der Waals surface area contributed by atoms with E-state index in [1.54, 1.807) is 4.90 Å². The summed E-state index contributed by atoms with van der Waals surface area (Å²) in [7, 11) is -4.07. The van der Waals surface area contributed by atoms with E-state index in [-0.39, 0.29) is 10.8 Å². The van der Waals surface area contributed by atoms with Crippen molar-refractivity contribution in [2.45, 2.75) is 24.2 Å². The maximum atomic E-state index is 13.7. The molecule has 8 heteroatoms. The van der Waals surface area contributed by atoms with Crippen LogP contribution in [0, 0.1) is 11.6 Å². The van der Waals surface area contributed by atoms with Gasteiger partial charge in [0.15, 0.2) is 0 Å².